The predicted molar refractivity (Wildman–Crippen MR) is 127 cm³/mol. The number of fused-ring (bicyclic) bond motifs is 1. The highest BCUT2D eigenvalue weighted by Crippen LogP contribution is 2.32. The molecule has 0 aromatic heterocycles. The van der Waals surface area contributed by atoms with Gasteiger partial charge in [0.1, 0.15) is 12.4 Å². The molecule has 0 saturated carbocycles. The lowest BCUT2D eigenvalue weighted by Crippen LogP contribution is -2.41. The molecule has 2 amide bonds. The molecule has 0 radical (unpaired) electrons. The van der Waals surface area contributed by atoms with Crippen LogP contribution >= 0.6 is 11.6 Å². The molecule has 32 heavy (non-hydrogen) atoms. The van der Waals surface area contributed by atoms with Gasteiger partial charge in [-0.1, -0.05) is 54.6 Å². The molecule has 3 aromatic carbocycles. The lowest BCUT2D eigenvalue weighted by molar-refractivity contribution is -0.140. The van der Waals surface area contributed by atoms with Gasteiger partial charge in [0, 0.05) is 36.1 Å². The van der Waals surface area contributed by atoms with E-state index in [4.69, 9.17) is 16.3 Å². The molecule has 0 bridgehead atoms. The number of rotatable bonds is 10. The van der Waals surface area contributed by atoms with E-state index in [0.29, 0.717) is 36.9 Å². The van der Waals surface area contributed by atoms with E-state index in [2.05, 4.69) is 10.1 Å². The molecule has 0 unspecified atom stereocenters. The quantitative estimate of drug-likeness (QED) is 0.341. The Balaban J connectivity index is 1.87. The van der Waals surface area contributed by atoms with Crippen molar-refractivity contribution in [2.45, 2.75) is 19.4 Å². The molecule has 7 heteroatoms. The molecular formula is C25H27ClN2O4. The van der Waals surface area contributed by atoms with Crippen LogP contribution in [0.4, 0.5) is 10.5 Å². The molecule has 1 N–H and O–H groups in total. The number of esters is 1. The van der Waals surface area contributed by atoms with Crippen LogP contribution in [-0.4, -0.2) is 38.1 Å². The monoisotopic (exact) mass is 454 g/mol. The number of hydrogen-bond acceptors (Lipinski definition) is 4. The second-order valence-electron chi connectivity index (χ2n) is 7.19. The van der Waals surface area contributed by atoms with Gasteiger partial charge in [0.05, 0.1) is 13.5 Å². The summed E-state index contributed by atoms with van der Waals surface area (Å²) in [5.41, 5.74) is 1.76. The van der Waals surface area contributed by atoms with Gasteiger partial charge < -0.3 is 14.8 Å². The van der Waals surface area contributed by atoms with Crippen LogP contribution in [0, 0.1) is 0 Å². The molecule has 6 nitrogen and oxygen atoms in total. The summed E-state index contributed by atoms with van der Waals surface area (Å²) in [5, 5.41) is 4.72. The minimum Gasteiger partial charge on any atom is -0.488 e. The Labute approximate surface area is 193 Å². The lowest BCUT2D eigenvalue weighted by Gasteiger charge is -2.24. The van der Waals surface area contributed by atoms with Crippen LogP contribution in [0.25, 0.3) is 10.8 Å². The fraction of sp³-hybridized carbons (Fsp3) is 0.280. The van der Waals surface area contributed by atoms with Crippen molar-refractivity contribution in [2.75, 3.05) is 31.0 Å². The van der Waals surface area contributed by atoms with E-state index in [1.165, 1.54) is 7.11 Å². The van der Waals surface area contributed by atoms with Crippen LogP contribution in [0.2, 0.25) is 0 Å². The van der Waals surface area contributed by atoms with Crippen molar-refractivity contribution >= 4 is 40.1 Å². The molecule has 3 aromatic rings. The van der Waals surface area contributed by atoms with Crippen molar-refractivity contribution in [3.8, 4) is 5.75 Å². The molecule has 0 heterocycles. The van der Waals surface area contributed by atoms with Gasteiger partial charge in [0.2, 0.25) is 0 Å². The third kappa shape index (κ3) is 6.37. The topological polar surface area (TPSA) is 67.9 Å². The number of methoxy groups -OCH3 is 1. The van der Waals surface area contributed by atoms with Crippen LogP contribution in [0.3, 0.4) is 0 Å². The molecule has 0 fully saturated rings. The Morgan fingerprint density at radius 3 is 2.53 bits per heavy atom. The van der Waals surface area contributed by atoms with Gasteiger partial charge in [0.25, 0.3) is 0 Å². The Hall–Kier alpha value is -3.25. The molecule has 168 valence electrons. The van der Waals surface area contributed by atoms with E-state index < -0.39 is 0 Å². The molecule has 3 rings (SSSR count). The molecular weight excluding hydrogens is 428 g/mol. The maximum Gasteiger partial charge on any atom is 0.321 e. The zero-order valence-corrected chi connectivity index (χ0v) is 18.8. The number of amides is 2. The number of ether oxygens (including phenoxy) is 2. The number of carbonyl (C=O) groups excluding carboxylic acids is 2. The fourth-order valence-electron chi connectivity index (χ4n) is 3.31. The zero-order valence-electron chi connectivity index (χ0n) is 18.1. The highest BCUT2D eigenvalue weighted by molar-refractivity contribution is 6.17. The minimum absolute atomic E-state index is 0.106. The van der Waals surface area contributed by atoms with Crippen molar-refractivity contribution in [2.24, 2.45) is 0 Å². The molecule has 0 spiro atoms. The van der Waals surface area contributed by atoms with E-state index in [-0.39, 0.29) is 25.0 Å². The van der Waals surface area contributed by atoms with E-state index in [1.807, 2.05) is 66.7 Å². The first-order valence-electron chi connectivity index (χ1n) is 10.5. The van der Waals surface area contributed by atoms with Gasteiger partial charge >= 0.3 is 12.0 Å². The van der Waals surface area contributed by atoms with Crippen LogP contribution in [0.1, 0.15) is 18.4 Å². The van der Waals surface area contributed by atoms with Gasteiger partial charge in [-0.15, -0.1) is 11.6 Å². The maximum atomic E-state index is 12.9. The Kier molecular flexibility index (Phi) is 8.75. The molecule has 0 aliphatic heterocycles. The third-order valence-corrected chi connectivity index (χ3v) is 5.22. The molecule has 0 aliphatic carbocycles. The summed E-state index contributed by atoms with van der Waals surface area (Å²) in [5.74, 6) is 0.747. The van der Waals surface area contributed by atoms with Crippen molar-refractivity contribution in [1.29, 1.82) is 0 Å². The number of alkyl halides is 1. The zero-order chi connectivity index (χ0) is 22.8. The van der Waals surface area contributed by atoms with Crippen molar-refractivity contribution in [3.63, 3.8) is 0 Å². The summed E-state index contributed by atoms with van der Waals surface area (Å²) in [6, 6.07) is 21.4. The summed E-state index contributed by atoms with van der Waals surface area (Å²) >= 11 is 5.90. The van der Waals surface area contributed by atoms with Crippen LogP contribution in [-0.2, 0) is 16.1 Å². The lowest BCUT2D eigenvalue weighted by atomic mass is 10.1. The normalized spacial score (nSPS) is 10.6. The smallest absolute Gasteiger partial charge is 0.321 e. The summed E-state index contributed by atoms with van der Waals surface area (Å²) in [6.07, 6.45) is 0.730. The SMILES string of the molecule is COC(=O)CCNC(=O)N(CCCCl)c1cc(OCc2ccccc2)c2ccccc2c1. The minimum atomic E-state index is -0.375. The average Bonchev–Trinajstić information content (AvgIpc) is 2.83. The highest BCUT2D eigenvalue weighted by Gasteiger charge is 2.18. The first kappa shape index (κ1) is 23.4. The predicted octanol–water partition coefficient (Wildman–Crippen LogP) is 5.13. The first-order chi connectivity index (χ1) is 15.6. The standard InChI is InChI=1S/C25H27ClN2O4/c1-31-24(29)12-14-27-25(30)28(15-7-13-26)21-16-20-10-5-6-11-22(20)23(17-21)32-18-19-8-3-2-4-9-19/h2-6,8-11,16-17H,7,12-15,18H2,1H3,(H,27,30). The van der Waals surface area contributed by atoms with E-state index in [9.17, 15) is 9.59 Å². The molecule has 0 saturated heterocycles. The van der Waals surface area contributed by atoms with Crippen LogP contribution in [0.5, 0.6) is 5.75 Å². The van der Waals surface area contributed by atoms with E-state index in [0.717, 1.165) is 16.3 Å². The Morgan fingerprint density at radius 2 is 1.78 bits per heavy atom. The van der Waals surface area contributed by atoms with Gasteiger partial charge in [0.15, 0.2) is 0 Å². The summed E-state index contributed by atoms with van der Waals surface area (Å²) in [6.45, 7) is 1.04. The van der Waals surface area contributed by atoms with E-state index in [1.54, 1.807) is 4.90 Å². The second-order valence-corrected chi connectivity index (χ2v) is 7.57. The van der Waals surface area contributed by atoms with Crippen molar-refractivity contribution in [1.82, 2.24) is 5.32 Å². The Morgan fingerprint density at radius 1 is 1.03 bits per heavy atom. The number of benzene rings is 3. The largest absolute Gasteiger partial charge is 0.488 e. The number of nitrogens with one attached hydrogen (secondary N) is 1. The first-order valence-corrected chi connectivity index (χ1v) is 11.0. The van der Waals surface area contributed by atoms with Gasteiger partial charge in [-0.3, -0.25) is 9.69 Å². The number of urea groups is 1. The summed E-state index contributed by atoms with van der Waals surface area (Å²) in [4.78, 5) is 25.9. The van der Waals surface area contributed by atoms with Crippen LogP contribution in [0.15, 0.2) is 66.7 Å². The number of hydrogen-bond donors (Lipinski definition) is 1. The number of anilines is 1. The number of carbonyl (C=O) groups is 2. The Bertz CT molecular complexity index is 1040. The molecule has 0 aliphatic rings. The number of halogens is 1. The summed E-state index contributed by atoms with van der Waals surface area (Å²) < 4.78 is 10.8. The molecule has 0 atom stereocenters. The second kappa shape index (κ2) is 12.0. The summed E-state index contributed by atoms with van der Waals surface area (Å²) in [7, 11) is 1.32. The number of nitrogens with zero attached hydrogens (tertiary/aromatic N) is 1. The maximum absolute atomic E-state index is 12.9. The van der Waals surface area contributed by atoms with Crippen LogP contribution < -0.4 is 15.0 Å². The van der Waals surface area contributed by atoms with E-state index >= 15 is 0 Å². The van der Waals surface area contributed by atoms with Crippen molar-refractivity contribution < 1.29 is 19.1 Å². The van der Waals surface area contributed by atoms with Crippen molar-refractivity contribution in [3.05, 3.63) is 72.3 Å². The average molecular weight is 455 g/mol. The van der Waals surface area contributed by atoms with Gasteiger partial charge in [-0.25, -0.2) is 4.79 Å². The third-order valence-electron chi connectivity index (χ3n) is 4.95. The highest BCUT2D eigenvalue weighted by atomic mass is 35.5. The fourth-order valence-corrected chi connectivity index (χ4v) is 3.43. The van der Waals surface area contributed by atoms with Gasteiger partial charge in [-0.05, 0) is 23.4 Å². The van der Waals surface area contributed by atoms with Gasteiger partial charge in [-0.2, -0.15) is 0 Å².